The summed E-state index contributed by atoms with van der Waals surface area (Å²) in [6.45, 7) is -0.00499. The van der Waals surface area contributed by atoms with E-state index in [1.54, 1.807) is 0 Å². The highest BCUT2D eigenvalue weighted by Gasteiger charge is 2.44. The molecule has 15 heavy (non-hydrogen) atoms. The van der Waals surface area contributed by atoms with E-state index in [-0.39, 0.29) is 12.5 Å². The standard InChI is InChI=1S/C7H10F2O5S/c8-7(9,15-14-13-11)6(10)12-4-5-2-1-3-5/h5,11H,1-4H2. The van der Waals surface area contributed by atoms with Gasteiger partial charge in [-0.3, -0.25) is 0 Å². The van der Waals surface area contributed by atoms with Crippen LogP contribution in [0.4, 0.5) is 8.78 Å². The van der Waals surface area contributed by atoms with Gasteiger partial charge in [0, 0.05) is 0 Å². The molecule has 88 valence electrons. The van der Waals surface area contributed by atoms with Crippen LogP contribution in [0.5, 0.6) is 0 Å². The Morgan fingerprint density at radius 2 is 2.20 bits per heavy atom. The van der Waals surface area contributed by atoms with Crippen LogP contribution in [-0.2, 0) is 18.9 Å². The van der Waals surface area contributed by atoms with E-state index >= 15 is 0 Å². The van der Waals surface area contributed by atoms with Crippen molar-refractivity contribution in [2.75, 3.05) is 6.61 Å². The van der Waals surface area contributed by atoms with Crippen LogP contribution in [0.15, 0.2) is 0 Å². The van der Waals surface area contributed by atoms with Crippen molar-refractivity contribution in [3.8, 4) is 0 Å². The SMILES string of the molecule is O=C(OCC1CCC1)C(F)(F)SOOO. The van der Waals surface area contributed by atoms with Crippen molar-refractivity contribution in [3.05, 3.63) is 0 Å². The van der Waals surface area contributed by atoms with Crippen molar-refractivity contribution in [1.29, 1.82) is 0 Å². The molecule has 1 N–H and O–H groups in total. The van der Waals surface area contributed by atoms with Gasteiger partial charge >= 0.3 is 11.2 Å². The maximum Gasteiger partial charge on any atom is 0.415 e. The van der Waals surface area contributed by atoms with E-state index in [2.05, 4.69) is 14.1 Å². The molecular weight excluding hydrogens is 234 g/mol. The minimum absolute atomic E-state index is 0.00499. The van der Waals surface area contributed by atoms with Crippen molar-refractivity contribution in [2.45, 2.75) is 24.5 Å². The van der Waals surface area contributed by atoms with Crippen LogP contribution in [0.1, 0.15) is 19.3 Å². The summed E-state index contributed by atoms with van der Waals surface area (Å²) in [7, 11) is 0. The normalized spacial score (nSPS) is 17.3. The number of hydrogen-bond acceptors (Lipinski definition) is 6. The number of halogens is 2. The molecule has 1 aliphatic carbocycles. The van der Waals surface area contributed by atoms with Crippen molar-refractivity contribution in [3.63, 3.8) is 0 Å². The Kier molecular flexibility index (Phi) is 4.71. The maximum atomic E-state index is 12.7. The Labute approximate surface area is 88.7 Å². The smallest absolute Gasteiger partial charge is 0.415 e. The molecule has 1 fully saturated rings. The van der Waals surface area contributed by atoms with Gasteiger partial charge in [0.15, 0.2) is 0 Å². The second-order valence-electron chi connectivity index (χ2n) is 3.14. The van der Waals surface area contributed by atoms with Gasteiger partial charge in [-0.05, 0) is 18.8 Å². The van der Waals surface area contributed by atoms with E-state index in [4.69, 9.17) is 5.26 Å². The number of hydrogen-bond donors (Lipinski definition) is 1. The maximum absolute atomic E-state index is 12.7. The van der Waals surface area contributed by atoms with E-state index in [1.807, 2.05) is 0 Å². The number of carbonyl (C=O) groups is 1. The summed E-state index contributed by atoms with van der Waals surface area (Å²) in [5.41, 5.74) is 0. The second-order valence-corrected chi connectivity index (χ2v) is 3.95. The number of esters is 1. The van der Waals surface area contributed by atoms with Crippen LogP contribution < -0.4 is 0 Å². The molecule has 0 atom stereocenters. The molecule has 0 amide bonds. The zero-order valence-corrected chi connectivity index (χ0v) is 8.47. The first-order valence-electron chi connectivity index (χ1n) is 4.27. The third-order valence-electron chi connectivity index (χ3n) is 2.08. The Hall–Kier alpha value is -0.440. The predicted molar refractivity (Wildman–Crippen MR) is 45.6 cm³/mol. The molecular formula is C7H10F2O5S. The summed E-state index contributed by atoms with van der Waals surface area (Å²) in [6, 6.07) is 0. The Bertz CT molecular complexity index is 221. The lowest BCUT2D eigenvalue weighted by Crippen LogP contribution is -2.30. The van der Waals surface area contributed by atoms with Gasteiger partial charge in [-0.1, -0.05) is 11.5 Å². The predicted octanol–water partition coefficient (Wildman–Crippen LogP) is 1.99. The number of ether oxygens (including phenoxy) is 1. The average Bonchev–Trinajstić information content (AvgIpc) is 2.12. The highest BCUT2D eigenvalue weighted by Crippen LogP contribution is 2.32. The Morgan fingerprint density at radius 3 is 2.67 bits per heavy atom. The van der Waals surface area contributed by atoms with Crippen molar-refractivity contribution in [2.24, 2.45) is 5.92 Å². The lowest BCUT2D eigenvalue weighted by atomic mass is 9.86. The topological polar surface area (TPSA) is 65.0 Å². The van der Waals surface area contributed by atoms with Crippen molar-refractivity contribution in [1.82, 2.24) is 0 Å². The van der Waals surface area contributed by atoms with Crippen LogP contribution >= 0.6 is 12.0 Å². The molecule has 5 nitrogen and oxygen atoms in total. The molecule has 0 spiro atoms. The summed E-state index contributed by atoms with van der Waals surface area (Å²) in [5, 5.41) is 6.73. The van der Waals surface area contributed by atoms with Gasteiger partial charge in [0.05, 0.1) is 6.61 Å². The van der Waals surface area contributed by atoms with Crippen molar-refractivity contribution < 1.29 is 32.9 Å². The number of rotatable bonds is 6. The number of carbonyl (C=O) groups excluding carboxylic acids is 1. The minimum atomic E-state index is -3.88. The van der Waals surface area contributed by atoms with Gasteiger partial charge in [0.25, 0.3) is 0 Å². The van der Waals surface area contributed by atoms with E-state index in [9.17, 15) is 13.6 Å². The first kappa shape index (κ1) is 12.6. The zero-order valence-electron chi connectivity index (χ0n) is 7.65. The van der Waals surface area contributed by atoms with Crippen LogP contribution in [-0.4, -0.2) is 23.1 Å². The molecule has 1 rings (SSSR count). The fraction of sp³-hybridized carbons (Fsp3) is 0.857. The summed E-state index contributed by atoms with van der Waals surface area (Å²) in [5.74, 6) is -1.51. The van der Waals surface area contributed by atoms with Gasteiger partial charge < -0.3 is 4.74 Å². The van der Waals surface area contributed by atoms with Gasteiger partial charge in [0.1, 0.15) is 12.0 Å². The highest BCUT2D eigenvalue weighted by atomic mass is 32.2. The van der Waals surface area contributed by atoms with Gasteiger partial charge in [-0.25, -0.2) is 10.1 Å². The Balaban J connectivity index is 2.23. The third-order valence-corrected chi connectivity index (χ3v) is 2.59. The van der Waals surface area contributed by atoms with Crippen LogP contribution in [0.25, 0.3) is 0 Å². The Morgan fingerprint density at radius 1 is 1.53 bits per heavy atom. The quantitative estimate of drug-likeness (QED) is 0.333. The van der Waals surface area contributed by atoms with E-state index in [0.717, 1.165) is 19.3 Å². The lowest BCUT2D eigenvalue weighted by molar-refractivity contribution is -0.433. The molecule has 8 heteroatoms. The zero-order chi connectivity index (χ0) is 11.3. The fourth-order valence-electron chi connectivity index (χ4n) is 1.03. The van der Waals surface area contributed by atoms with Gasteiger partial charge in [-0.15, -0.1) is 4.33 Å². The molecule has 0 aromatic heterocycles. The largest absolute Gasteiger partial charge is 0.460 e. The summed E-state index contributed by atoms with van der Waals surface area (Å²) < 4.78 is 33.4. The minimum Gasteiger partial charge on any atom is -0.460 e. The van der Waals surface area contributed by atoms with Gasteiger partial charge in [-0.2, -0.15) is 8.78 Å². The van der Waals surface area contributed by atoms with E-state index < -0.39 is 23.3 Å². The second kappa shape index (κ2) is 5.59. The summed E-state index contributed by atoms with van der Waals surface area (Å²) in [6.07, 6.45) is 2.82. The molecule has 1 aliphatic rings. The molecule has 0 aromatic rings. The van der Waals surface area contributed by atoms with E-state index in [1.165, 1.54) is 0 Å². The van der Waals surface area contributed by atoms with E-state index in [0.29, 0.717) is 0 Å². The highest BCUT2D eigenvalue weighted by molar-refractivity contribution is 7.96. The van der Waals surface area contributed by atoms with Crippen molar-refractivity contribution >= 4 is 18.0 Å². The summed E-state index contributed by atoms with van der Waals surface area (Å²) in [4.78, 5) is 10.8. The first-order chi connectivity index (χ1) is 7.06. The molecule has 0 radical (unpaired) electrons. The molecule has 0 bridgehead atoms. The number of alkyl halides is 2. The van der Waals surface area contributed by atoms with Crippen LogP contribution in [0.3, 0.4) is 0 Å². The first-order valence-corrected chi connectivity index (χ1v) is 5.01. The third kappa shape index (κ3) is 3.90. The van der Waals surface area contributed by atoms with Crippen LogP contribution in [0.2, 0.25) is 0 Å². The molecule has 0 heterocycles. The molecule has 1 saturated carbocycles. The van der Waals surface area contributed by atoms with Gasteiger partial charge in [0.2, 0.25) is 0 Å². The monoisotopic (exact) mass is 244 g/mol. The molecule has 0 aliphatic heterocycles. The average molecular weight is 244 g/mol. The lowest BCUT2D eigenvalue weighted by Gasteiger charge is -2.25. The molecule has 0 unspecified atom stereocenters. The molecule has 0 saturated heterocycles. The van der Waals surface area contributed by atoms with Crippen LogP contribution in [0, 0.1) is 5.92 Å². The molecule has 0 aromatic carbocycles. The fourth-order valence-corrected chi connectivity index (χ4v) is 1.27. The summed E-state index contributed by atoms with van der Waals surface area (Å²) >= 11 is -0.616.